The molecule has 2 aromatic heterocycles. The van der Waals surface area contributed by atoms with Crippen LogP contribution in [0.15, 0.2) is 49.2 Å². The average molecular weight is 406 g/mol. The van der Waals surface area contributed by atoms with E-state index in [-0.39, 0.29) is 6.09 Å². The molecule has 1 aromatic carbocycles. The smallest absolute Gasteiger partial charge is 0.410 e. The van der Waals surface area contributed by atoms with Gasteiger partial charge in [-0.2, -0.15) is 5.10 Å². The summed E-state index contributed by atoms with van der Waals surface area (Å²) >= 11 is 0. The van der Waals surface area contributed by atoms with Crippen LogP contribution in [0.1, 0.15) is 37.5 Å². The van der Waals surface area contributed by atoms with Crippen molar-refractivity contribution in [3.8, 4) is 0 Å². The van der Waals surface area contributed by atoms with Crippen LogP contribution in [-0.4, -0.2) is 42.9 Å². The molecule has 30 heavy (non-hydrogen) atoms. The molecule has 3 aromatic rings. The van der Waals surface area contributed by atoms with Gasteiger partial charge in [-0.3, -0.25) is 0 Å². The van der Waals surface area contributed by atoms with Gasteiger partial charge in [0.25, 0.3) is 0 Å². The highest BCUT2D eigenvalue weighted by Crippen LogP contribution is 2.24. The molecule has 0 atom stereocenters. The molecular weight excluding hydrogens is 380 g/mol. The Kier molecular flexibility index (Phi) is 5.39. The SMILES string of the molecule is CC(C)(C)OC(=O)N1CCc2cnc(Nc3ccc(Cn4cncn4)cc3)cc2C1. The molecule has 1 amide bonds. The third-order valence-corrected chi connectivity index (χ3v) is 4.78. The number of rotatable bonds is 4. The molecule has 0 bridgehead atoms. The number of hydrogen-bond acceptors (Lipinski definition) is 6. The van der Waals surface area contributed by atoms with Crippen LogP contribution in [-0.2, 0) is 24.2 Å². The van der Waals surface area contributed by atoms with E-state index < -0.39 is 5.60 Å². The Morgan fingerprint density at radius 1 is 1.20 bits per heavy atom. The number of pyridine rings is 1. The number of anilines is 2. The molecule has 8 heteroatoms. The summed E-state index contributed by atoms with van der Waals surface area (Å²) in [6.45, 7) is 7.49. The molecule has 8 nitrogen and oxygen atoms in total. The number of benzene rings is 1. The summed E-state index contributed by atoms with van der Waals surface area (Å²) in [4.78, 5) is 22.6. The van der Waals surface area contributed by atoms with Crippen molar-refractivity contribution in [2.24, 2.45) is 0 Å². The van der Waals surface area contributed by atoms with Crippen LogP contribution < -0.4 is 5.32 Å². The fraction of sp³-hybridized carbons (Fsp3) is 0.364. The first kappa shape index (κ1) is 19.9. The highest BCUT2D eigenvalue weighted by Gasteiger charge is 2.26. The van der Waals surface area contributed by atoms with E-state index in [1.54, 1.807) is 15.9 Å². The third-order valence-electron chi connectivity index (χ3n) is 4.78. The largest absolute Gasteiger partial charge is 0.444 e. The fourth-order valence-corrected chi connectivity index (χ4v) is 3.33. The minimum Gasteiger partial charge on any atom is -0.444 e. The number of aromatic nitrogens is 4. The highest BCUT2D eigenvalue weighted by molar-refractivity contribution is 5.69. The number of carbonyl (C=O) groups is 1. The molecule has 1 N–H and O–H groups in total. The Bertz CT molecular complexity index is 1010. The fourth-order valence-electron chi connectivity index (χ4n) is 3.33. The number of hydrogen-bond donors (Lipinski definition) is 1. The van der Waals surface area contributed by atoms with Gasteiger partial charge in [0.15, 0.2) is 0 Å². The predicted molar refractivity (Wildman–Crippen MR) is 113 cm³/mol. The van der Waals surface area contributed by atoms with Crippen molar-refractivity contribution in [2.75, 3.05) is 11.9 Å². The quantitative estimate of drug-likeness (QED) is 0.710. The Morgan fingerprint density at radius 2 is 2.00 bits per heavy atom. The summed E-state index contributed by atoms with van der Waals surface area (Å²) in [5, 5.41) is 7.47. The maximum atomic E-state index is 12.4. The summed E-state index contributed by atoms with van der Waals surface area (Å²) in [7, 11) is 0. The minimum absolute atomic E-state index is 0.276. The lowest BCUT2D eigenvalue weighted by atomic mass is 10.0. The number of carbonyl (C=O) groups excluding carboxylic acids is 1. The number of fused-ring (bicyclic) bond motifs is 1. The van der Waals surface area contributed by atoms with Crippen LogP contribution in [0, 0.1) is 0 Å². The van der Waals surface area contributed by atoms with Crippen molar-refractivity contribution < 1.29 is 9.53 Å². The van der Waals surface area contributed by atoms with Crippen molar-refractivity contribution >= 4 is 17.6 Å². The van der Waals surface area contributed by atoms with Crippen molar-refractivity contribution in [1.82, 2.24) is 24.6 Å². The van der Waals surface area contributed by atoms with E-state index in [1.165, 1.54) is 11.9 Å². The minimum atomic E-state index is -0.498. The standard InChI is InChI=1S/C22H26N6O2/c1-22(2,3)30-21(29)27-9-8-17-11-24-20(10-18(17)13-27)26-19-6-4-16(5-7-19)12-28-15-23-14-25-28/h4-7,10-11,14-15H,8-9,12-13H2,1-3H3,(H,24,26). The van der Waals surface area contributed by atoms with Gasteiger partial charge in [0.05, 0.1) is 6.54 Å². The normalized spacial score (nSPS) is 13.6. The van der Waals surface area contributed by atoms with Gasteiger partial charge in [0.2, 0.25) is 0 Å². The summed E-state index contributed by atoms with van der Waals surface area (Å²) in [5.74, 6) is 0.754. The van der Waals surface area contributed by atoms with Crippen LogP contribution in [0.4, 0.5) is 16.3 Å². The van der Waals surface area contributed by atoms with Crippen molar-refractivity contribution in [3.63, 3.8) is 0 Å². The Hall–Kier alpha value is -3.42. The second-order valence-electron chi connectivity index (χ2n) is 8.41. The Morgan fingerprint density at radius 3 is 2.70 bits per heavy atom. The molecular formula is C22H26N6O2. The molecule has 0 spiro atoms. The van der Waals surface area contributed by atoms with E-state index >= 15 is 0 Å². The maximum Gasteiger partial charge on any atom is 0.410 e. The van der Waals surface area contributed by atoms with Crippen molar-refractivity contribution in [1.29, 1.82) is 0 Å². The van der Waals surface area contributed by atoms with Gasteiger partial charge in [-0.25, -0.2) is 19.4 Å². The van der Waals surface area contributed by atoms with Crippen molar-refractivity contribution in [3.05, 3.63) is 65.9 Å². The molecule has 3 heterocycles. The van der Waals surface area contributed by atoms with Crippen LogP contribution in [0.2, 0.25) is 0 Å². The molecule has 0 saturated carbocycles. The third kappa shape index (κ3) is 4.94. The second-order valence-corrected chi connectivity index (χ2v) is 8.41. The van der Waals surface area contributed by atoms with E-state index in [4.69, 9.17) is 4.74 Å². The number of nitrogens with zero attached hydrogens (tertiary/aromatic N) is 5. The zero-order chi connectivity index (χ0) is 21.1. The Balaban J connectivity index is 1.42. The zero-order valence-corrected chi connectivity index (χ0v) is 17.5. The first-order chi connectivity index (χ1) is 14.4. The van der Waals surface area contributed by atoms with E-state index in [0.29, 0.717) is 19.6 Å². The van der Waals surface area contributed by atoms with Gasteiger partial charge in [-0.05, 0) is 62.1 Å². The van der Waals surface area contributed by atoms with E-state index in [0.717, 1.165) is 29.1 Å². The molecule has 0 fully saturated rings. The highest BCUT2D eigenvalue weighted by atomic mass is 16.6. The van der Waals surface area contributed by atoms with Crippen LogP contribution in [0.5, 0.6) is 0 Å². The molecule has 0 unspecified atom stereocenters. The summed E-state index contributed by atoms with van der Waals surface area (Å²) in [5.41, 5.74) is 3.85. The molecule has 4 rings (SSSR count). The summed E-state index contributed by atoms with van der Waals surface area (Å²) in [6, 6.07) is 10.1. The van der Waals surface area contributed by atoms with Gasteiger partial charge in [-0.15, -0.1) is 0 Å². The number of nitrogens with one attached hydrogen (secondary N) is 1. The predicted octanol–water partition coefficient (Wildman–Crippen LogP) is 3.76. The molecule has 0 aliphatic carbocycles. The van der Waals surface area contributed by atoms with Crippen LogP contribution in [0.3, 0.4) is 0 Å². The van der Waals surface area contributed by atoms with Crippen molar-refractivity contribution in [2.45, 2.75) is 45.9 Å². The Labute approximate surface area is 175 Å². The van der Waals surface area contributed by atoms with Gasteiger partial charge >= 0.3 is 6.09 Å². The first-order valence-corrected chi connectivity index (χ1v) is 10.00. The molecule has 156 valence electrons. The topological polar surface area (TPSA) is 85.2 Å². The molecule has 0 saturated heterocycles. The number of amides is 1. The summed E-state index contributed by atoms with van der Waals surface area (Å²) < 4.78 is 7.29. The van der Waals surface area contributed by atoms with Crippen LogP contribution in [0.25, 0.3) is 0 Å². The number of ether oxygens (including phenoxy) is 1. The van der Waals surface area contributed by atoms with Gasteiger partial charge < -0.3 is 15.0 Å². The monoisotopic (exact) mass is 406 g/mol. The van der Waals surface area contributed by atoms with E-state index in [2.05, 4.69) is 20.4 Å². The van der Waals surface area contributed by atoms with E-state index in [1.807, 2.05) is 57.3 Å². The lowest BCUT2D eigenvalue weighted by Crippen LogP contribution is -2.39. The maximum absolute atomic E-state index is 12.4. The van der Waals surface area contributed by atoms with Gasteiger partial charge in [-0.1, -0.05) is 12.1 Å². The average Bonchev–Trinajstić information content (AvgIpc) is 3.21. The summed E-state index contributed by atoms with van der Waals surface area (Å²) in [6.07, 6.45) is 5.62. The lowest BCUT2D eigenvalue weighted by Gasteiger charge is -2.31. The zero-order valence-electron chi connectivity index (χ0n) is 17.5. The molecule has 1 aliphatic rings. The van der Waals surface area contributed by atoms with E-state index in [9.17, 15) is 4.79 Å². The molecule has 1 aliphatic heterocycles. The molecule has 0 radical (unpaired) electrons. The van der Waals surface area contributed by atoms with Gasteiger partial charge in [0.1, 0.15) is 24.1 Å². The van der Waals surface area contributed by atoms with Crippen LogP contribution >= 0.6 is 0 Å². The van der Waals surface area contributed by atoms with Gasteiger partial charge in [0, 0.05) is 25.0 Å². The lowest BCUT2D eigenvalue weighted by molar-refractivity contribution is 0.0224. The first-order valence-electron chi connectivity index (χ1n) is 10.00. The second kappa shape index (κ2) is 8.14.